The van der Waals surface area contributed by atoms with Crippen LogP contribution in [0.4, 0.5) is 0 Å². The van der Waals surface area contributed by atoms with Crippen LogP contribution in [-0.2, 0) is 24.8 Å². The van der Waals surface area contributed by atoms with Gasteiger partial charge in [-0.15, -0.1) is 0 Å². The molecular formula is C20H28N4O. The van der Waals surface area contributed by atoms with Crippen LogP contribution in [0.1, 0.15) is 36.8 Å². The van der Waals surface area contributed by atoms with Crippen LogP contribution in [0.2, 0.25) is 0 Å². The number of carbonyl (C=O) groups is 1. The Morgan fingerprint density at radius 1 is 1.24 bits per heavy atom. The zero-order valence-electron chi connectivity index (χ0n) is 15.0. The average Bonchev–Trinajstić information content (AvgIpc) is 3.05. The van der Waals surface area contributed by atoms with Gasteiger partial charge in [0.25, 0.3) is 0 Å². The molecule has 2 aromatic rings. The van der Waals surface area contributed by atoms with E-state index in [9.17, 15) is 4.79 Å². The summed E-state index contributed by atoms with van der Waals surface area (Å²) in [4.78, 5) is 15.0. The molecule has 1 amide bonds. The fourth-order valence-corrected chi connectivity index (χ4v) is 3.52. The number of benzene rings is 1. The number of piperidine rings is 1. The summed E-state index contributed by atoms with van der Waals surface area (Å²) >= 11 is 0. The predicted octanol–water partition coefficient (Wildman–Crippen LogP) is 2.52. The Morgan fingerprint density at radius 2 is 2.08 bits per heavy atom. The lowest BCUT2D eigenvalue weighted by Crippen LogP contribution is -2.49. The van der Waals surface area contributed by atoms with Gasteiger partial charge in [-0.1, -0.05) is 36.8 Å². The van der Waals surface area contributed by atoms with Gasteiger partial charge in [-0.05, 0) is 43.4 Å². The second-order valence-electron chi connectivity index (χ2n) is 6.88. The van der Waals surface area contributed by atoms with Gasteiger partial charge in [0, 0.05) is 26.3 Å². The van der Waals surface area contributed by atoms with Crippen molar-refractivity contribution in [2.24, 2.45) is 7.05 Å². The van der Waals surface area contributed by atoms with Gasteiger partial charge in [-0.25, -0.2) is 0 Å². The van der Waals surface area contributed by atoms with Gasteiger partial charge in [0.2, 0.25) is 5.91 Å². The maximum Gasteiger partial charge on any atom is 0.237 e. The van der Waals surface area contributed by atoms with E-state index in [2.05, 4.69) is 39.6 Å². The Bertz CT molecular complexity index is 667. The number of carbonyl (C=O) groups excluding carboxylic acids is 1. The molecule has 1 aliphatic heterocycles. The summed E-state index contributed by atoms with van der Waals surface area (Å²) in [6, 6.07) is 10.4. The molecule has 1 aromatic heterocycles. The lowest BCUT2D eigenvalue weighted by Gasteiger charge is -2.34. The molecule has 0 radical (unpaired) electrons. The van der Waals surface area contributed by atoms with Crippen molar-refractivity contribution in [2.75, 3.05) is 13.1 Å². The van der Waals surface area contributed by atoms with E-state index >= 15 is 0 Å². The maximum atomic E-state index is 12.6. The van der Waals surface area contributed by atoms with E-state index in [0.717, 1.165) is 45.3 Å². The lowest BCUT2D eigenvalue weighted by molar-refractivity contribution is -0.127. The third-order valence-corrected chi connectivity index (χ3v) is 4.84. The van der Waals surface area contributed by atoms with Crippen LogP contribution in [0.15, 0.2) is 42.7 Å². The molecule has 134 valence electrons. The van der Waals surface area contributed by atoms with Crippen molar-refractivity contribution in [3.8, 4) is 0 Å². The van der Waals surface area contributed by atoms with Crippen LogP contribution in [-0.4, -0.2) is 39.7 Å². The smallest absolute Gasteiger partial charge is 0.237 e. The van der Waals surface area contributed by atoms with Crippen LogP contribution in [0.5, 0.6) is 0 Å². The topological polar surface area (TPSA) is 50.2 Å². The summed E-state index contributed by atoms with van der Waals surface area (Å²) in [5.74, 6) is 0.182. The number of likely N-dealkylation sites (tertiary alicyclic amines) is 1. The number of nitrogens with one attached hydrogen (secondary N) is 1. The highest BCUT2D eigenvalue weighted by Crippen LogP contribution is 2.19. The molecule has 1 saturated heterocycles. The van der Waals surface area contributed by atoms with Crippen LogP contribution in [0.25, 0.3) is 0 Å². The van der Waals surface area contributed by atoms with Crippen LogP contribution in [0.3, 0.4) is 0 Å². The van der Waals surface area contributed by atoms with Crippen molar-refractivity contribution in [2.45, 2.75) is 44.7 Å². The van der Waals surface area contributed by atoms with Crippen molar-refractivity contribution in [1.82, 2.24) is 20.0 Å². The summed E-state index contributed by atoms with van der Waals surface area (Å²) in [7, 11) is 1.93. The Labute approximate surface area is 150 Å². The number of rotatable bonds is 7. The maximum absolute atomic E-state index is 12.6. The molecule has 0 spiro atoms. The molecular weight excluding hydrogens is 312 g/mol. The zero-order valence-corrected chi connectivity index (χ0v) is 15.0. The van der Waals surface area contributed by atoms with Crippen molar-refractivity contribution in [1.29, 1.82) is 0 Å². The number of nitrogens with zero attached hydrogens (tertiary/aromatic N) is 3. The van der Waals surface area contributed by atoms with Gasteiger partial charge < -0.3 is 5.32 Å². The van der Waals surface area contributed by atoms with Gasteiger partial charge in [-0.2, -0.15) is 5.10 Å². The lowest BCUT2D eigenvalue weighted by atomic mass is 10.00. The molecule has 5 nitrogen and oxygen atoms in total. The number of aryl methyl sites for hydroxylation is 2. The average molecular weight is 340 g/mol. The first kappa shape index (κ1) is 17.7. The van der Waals surface area contributed by atoms with Crippen molar-refractivity contribution in [3.63, 3.8) is 0 Å². The van der Waals surface area contributed by atoms with Crippen LogP contribution < -0.4 is 5.32 Å². The van der Waals surface area contributed by atoms with Crippen molar-refractivity contribution >= 4 is 5.91 Å². The molecule has 3 rings (SSSR count). The molecule has 1 aromatic carbocycles. The number of amides is 1. The molecule has 1 N–H and O–H groups in total. The van der Waals surface area contributed by atoms with E-state index in [1.807, 2.05) is 30.2 Å². The summed E-state index contributed by atoms with van der Waals surface area (Å²) < 4.78 is 1.82. The normalized spacial score (nSPS) is 18.2. The first-order chi connectivity index (χ1) is 12.2. The second-order valence-corrected chi connectivity index (χ2v) is 6.88. The Kier molecular flexibility index (Phi) is 6.23. The van der Waals surface area contributed by atoms with E-state index in [1.54, 1.807) is 0 Å². The summed E-state index contributed by atoms with van der Waals surface area (Å²) in [5.41, 5.74) is 2.50. The van der Waals surface area contributed by atoms with Crippen molar-refractivity contribution < 1.29 is 4.79 Å². The molecule has 5 heteroatoms. The summed E-state index contributed by atoms with van der Waals surface area (Å²) in [6.45, 7) is 2.58. The Morgan fingerprint density at radius 3 is 2.84 bits per heavy atom. The minimum Gasteiger partial charge on any atom is -0.355 e. The van der Waals surface area contributed by atoms with Crippen LogP contribution >= 0.6 is 0 Å². The molecule has 1 aliphatic rings. The summed E-state index contributed by atoms with van der Waals surface area (Å²) in [5, 5.41) is 7.31. The van der Waals surface area contributed by atoms with E-state index in [-0.39, 0.29) is 11.9 Å². The molecule has 0 bridgehead atoms. The van der Waals surface area contributed by atoms with Gasteiger partial charge in [0.05, 0.1) is 12.2 Å². The van der Waals surface area contributed by atoms with Gasteiger partial charge >= 0.3 is 0 Å². The molecule has 1 fully saturated rings. The van der Waals surface area contributed by atoms with Crippen LogP contribution in [0, 0.1) is 0 Å². The number of hydrogen-bond acceptors (Lipinski definition) is 3. The minimum absolute atomic E-state index is 0.00680. The molecule has 25 heavy (non-hydrogen) atoms. The van der Waals surface area contributed by atoms with Gasteiger partial charge in [0.15, 0.2) is 0 Å². The molecule has 2 heterocycles. The third-order valence-electron chi connectivity index (χ3n) is 4.84. The highest BCUT2D eigenvalue weighted by molar-refractivity contribution is 5.81. The second kappa shape index (κ2) is 8.81. The van der Waals surface area contributed by atoms with E-state index in [1.165, 1.54) is 17.5 Å². The van der Waals surface area contributed by atoms with Gasteiger partial charge in [-0.3, -0.25) is 14.4 Å². The van der Waals surface area contributed by atoms with Crippen molar-refractivity contribution in [3.05, 3.63) is 53.9 Å². The first-order valence-corrected chi connectivity index (χ1v) is 9.25. The standard InChI is InChI=1S/C20H28N4O/c1-23-15-18(14-22-23)10-7-12-21-20(25)19-11-5-6-13-24(19)16-17-8-3-2-4-9-17/h2-4,8-9,14-15,19H,5-7,10-13,16H2,1H3,(H,21,25). The fraction of sp³-hybridized carbons (Fsp3) is 0.500. The third kappa shape index (κ3) is 5.16. The zero-order chi connectivity index (χ0) is 17.5. The SMILES string of the molecule is Cn1cc(CCCNC(=O)C2CCCCN2Cc2ccccc2)cn1. The minimum atomic E-state index is 0.00680. The molecule has 0 saturated carbocycles. The van der Waals surface area contributed by atoms with E-state index in [0.29, 0.717) is 0 Å². The van der Waals surface area contributed by atoms with E-state index in [4.69, 9.17) is 0 Å². The Hall–Kier alpha value is -2.14. The summed E-state index contributed by atoms with van der Waals surface area (Å²) in [6.07, 6.45) is 9.10. The number of aromatic nitrogens is 2. The largest absolute Gasteiger partial charge is 0.355 e. The van der Waals surface area contributed by atoms with E-state index < -0.39 is 0 Å². The Balaban J connectivity index is 1.47. The highest BCUT2D eigenvalue weighted by Gasteiger charge is 2.28. The number of hydrogen-bond donors (Lipinski definition) is 1. The predicted molar refractivity (Wildman–Crippen MR) is 99.0 cm³/mol. The monoisotopic (exact) mass is 340 g/mol. The molecule has 1 unspecified atom stereocenters. The molecule has 0 aliphatic carbocycles. The first-order valence-electron chi connectivity index (χ1n) is 9.25. The highest BCUT2D eigenvalue weighted by atomic mass is 16.2. The molecule has 1 atom stereocenters. The van der Waals surface area contributed by atoms with Gasteiger partial charge in [0.1, 0.15) is 0 Å². The quantitative estimate of drug-likeness (QED) is 0.788. The fourth-order valence-electron chi connectivity index (χ4n) is 3.52.